The first kappa shape index (κ1) is 23.3. The minimum absolute atomic E-state index is 0.228. The molecule has 4 rings (SSSR count). The monoisotopic (exact) mass is 461 g/mol. The highest BCUT2D eigenvalue weighted by molar-refractivity contribution is 6.11. The number of benzene rings is 3. The lowest BCUT2D eigenvalue weighted by Crippen LogP contribution is -2.43. The molecule has 34 heavy (non-hydrogen) atoms. The third-order valence-electron chi connectivity index (χ3n) is 5.97. The van der Waals surface area contributed by atoms with Gasteiger partial charge in [0, 0.05) is 11.6 Å². The van der Waals surface area contributed by atoms with Gasteiger partial charge in [-0.05, 0) is 37.3 Å². The number of fused-ring (bicyclic) bond motifs is 1. The van der Waals surface area contributed by atoms with Crippen LogP contribution in [0.2, 0.25) is 0 Å². The molecule has 0 spiro atoms. The van der Waals surface area contributed by atoms with Crippen molar-refractivity contribution < 1.29 is 28.9 Å². The van der Waals surface area contributed by atoms with Gasteiger partial charge < -0.3 is 24.2 Å². The van der Waals surface area contributed by atoms with E-state index in [1.165, 1.54) is 19.1 Å². The zero-order valence-corrected chi connectivity index (χ0v) is 19.4. The van der Waals surface area contributed by atoms with Crippen molar-refractivity contribution in [3.8, 4) is 17.2 Å². The normalized spacial score (nSPS) is 16.8. The first-order valence-electron chi connectivity index (χ1n) is 11.0. The molecular weight excluding hydrogens is 434 g/mol. The van der Waals surface area contributed by atoms with Gasteiger partial charge in [0.05, 0.1) is 38.4 Å². The number of methoxy groups -OCH3 is 2. The van der Waals surface area contributed by atoms with Crippen molar-refractivity contribution in [2.24, 2.45) is 0 Å². The van der Waals surface area contributed by atoms with Crippen LogP contribution >= 0.6 is 0 Å². The topological polar surface area (TPSA) is 85.3 Å². The molecule has 1 N–H and O–H groups in total. The molecule has 1 atom stereocenters. The second-order valence-electron chi connectivity index (χ2n) is 8.16. The van der Waals surface area contributed by atoms with Crippen molar-refractivity contribution in [2.45, 2.75) is 18.9 Å². The van der Waals surface area contributed by atoms with E-state index in [1.54, 1.807) is 42.5 Å². The molecule has 1 unspecified atom stereocenters. The lowest BCUT2D eigenvalue weighted by atomic mass is 9.88. The average Bonchev–Trinajstić information content (AvgIpc) is 3.06. The summed E-state index contributed by atoms with van der Waals surface area (Å²) in [6.07, 6.45) is -0.416. The van der Waals surface area contributed by atoms with Crippen LogP contribution in [0.25, 0.3) is 0 Å². The Morgan fingerprint density at radius 2 is 1.68 bits per heavy atom. The summed E-state index contributed by atoms with van der Waals surface area (Å²) in [4.78, 5) is 28.1. The zero-order chi connectivity index (χ0) is 24.3. The van der Waals surface area contributed by atoms with Gasteiger partial charge in [-0.25, -0.2) is 0 Å². The third kappa shape index (κ3) is 4.34. The number of Topliss-reactive ketones (excluding diaryl/α,β-unsaturated/α-hetero) is 1. The summed E-state index contributed by atoms with van der Waals surface area (Å²) >= 11 is 0. The Kier molecular flexibility index (Phi) is 6.56. The van der Waals surface area contributed by atoms with Crippen LogP contribution in [-0.2, 0) is 10.4 Å². The van der Waals surface area contributed by atoms with E-state index in [9.17, 15) is 14.7 Å². The third-order valence-corrected chi connectivity index (χ3v) is 5.97. The van der Waals surface area contributed by atoms with E-state index >= 15 is 0 Å². The lowest BCUT2D eigenvalue weighted by Gasteiger charge is -2.23. The fourth-order valence-corrected chi connectivity index (χ4v) is 4.15. The van der Waals surface area contributed by atoms with Gasteiger partial charge in [0.2, 0.25) is 0 Å². The number of anilines is 1. The molecule has 1 amide bonds. The van der Waals surface area contributed by atoms with E-state index in [4.69, 9.17) is 14.2 Å². The van der Waals surface area contributed by atoms with Gasteiger partial charge in [-0.15, -0.1) is 0 Å². The Bertz CT molecular complexity index is 1210. The van der Waals surface area contributed by atoms with Crippen LogP contribution in [0.1, 0.15) is 27.9 Å². The number of nitrogens with zero attached hydrogens (tertiary/aromatic N) is 1. The summed E-state index contributed by atoms with van der Waals surface area (Å²) in [7, 11) is 2.97. The van der Waals surface area contributed by atoms with Gasteiger partial charge in [0.15, 0.2) is 11.4 Å². The predicted molar refractivity (Wildman–Crippen MR) is 128 cm³/mol. The predicted octanol–water partition coefficient (Wildman–Crippen LogP) is 3.90. The number of carbonyl (C=O) groups excluding carboxylic acids is 2. The Labute approximate surface area is 198 Å². The van der Waals surface area contributed by atoms with Crippen LogP contribution in [0.5, 0.6) is 17.2 Å². The van der Waals surface area contributed by atoms with Gasteiger partial charge in [-0.2, -0.15) is 0 Å². The lowest BCUT2D eigenvalue weighted by molar-refractivity contribution is -0.135. The molecule has 1 aliphatic rings. The van der Waals surface area contributed by atoms with E-state index in [0.29, 0.717) is 28.5 Å². The number of amides is 1. The molecular formula is C27H27NO6. The summed E-state index contributed by atoms with van der Waals surface area (Å²) in [6.45, 7) is 2.46. The molecule has 3 aromatic rings. The van der Waals surface area contributed by atoms with Crippen molar-refractivity contribution in [1.29, 1.82) is 0 Å². The minimum Gasteiger partial charge on any atom is -0.497 e. The van der Waals surface area contributed by atoms with Crippen LogP contribution in [0.4, 0.5) is 5.69 Å². The average molecular weight is 462 g/mol. The van der Waals surface area contributed by atoms with Crippen LogP contribution in [0, 0.1) is 6.92 Å². The molecule has 0 saturated heterocycles. The number of rotatable bonds is 9. The number of ether oxygens (including phenoxy) is 3. The van der Waals surface area contributed by atoms with Crippen LogP contribution in [0.15, 0.2) is 66.7 Å². The second kappa shape index (κ2) is 9.57. The van der Waals surface area contributed by atoms with E-state index < -0.39 is 23.7 Å². The summed E-state index contributed by atoms with van der Waals surface area (Å²) in [5.74, 6) is 0.580. The molecule has 0 fully saturated rings. The Morgan fingerprint density at radius 3 is 2.38 bits per heavy atom. The van der Waals surface area contributed by atoms with Crippen LogP contribution in [0.3, 0.4) is 0 Å². The summed E-state index contributed by atoms with van der Waals surface area (Å²) in [5, 5.41) is 11.5. The highest BCUT2D eigenvalue weighted by Gasteiger charge is 2.50. The molecule has 176 valence electrons. The molecule has 1 heterocycles. The summed E-state index contributed by atoms with van der Waals surface area (Å²) < 4.78 is 16.3. The molecule has 3 aromatic carbocycles. The highest BCUT2D eigenvalue weighted by Crippen LogP contribution is 2.43. The smallest absolute Gasteiger partial charge is 0.264 e. The number of carbonyl (C=O) groups is 2. The largest absolute Gasteiger partial charge is 0.497 e. The maximum atomic E-state index is 13.4. The van der Waals surface area contributed by atoms with Crippen molar-refractivity contribution in [2.75, 3.05) is 32.3 Å². The molecule has 0 bridgehead atoms. The molecule has 7 nitrogen and oxygen atoms in total. The molecule has 0 aliphatic carbocycles. The van der Waals surface area contributed by atoms with Crippen molar-refractivity contribution >= 4 is 17.4 Å². The highest BCUT2D eigenvalue weighted by atomic mass is 16.5. The quantitative estimate of drug-likeness (QED) is 0.487. The second-order valence-corrected chi connectivity index (χ2v) is 8.16. The van der Waals surface area contributed by atoms with Crippen LogP contribution in [-0.4, -0.2) is 44.2 Å². The molecule has 0 saturated carbocycles. The van der Waals surface area contributed by atoms with Crippen molar-refractivity contribution in [1.82, 2.24) is 0 Å². The van der Waals surface area contributed by atoms with Gasteiger partial charge in [0.25, 0.3) is 5.91 Å². The first-order valence-corrected chi connectivity index (χ1v) is 11.0. The Balaban J connectivity index is 1.55. The maximum Gasteiger partial charge on any atom is 0.264 e. The fourth-order valence-electron chi connectivity index (χ4n) is 4.15. The SMILES string of the molecule is COc1ccc(C(=O)CC2(O)C(=O)N(CCOc3ccc(C)cc3)c3ccccc32)c(OC)c1. The molecule has 7 heteroatoms. The number of hydrogen-bond donors (Lipinski definition) is 1. The van der Waals surface area contributed by atoms with Gasteiger partial charge in [-0.3, -0.25) is 9.59 Å². The molecule has 1 aliphatic heterocycles. The molecule has 0 aromatic heterocycles. The number of para-hydroxylation sites is 1. The minimum atomic E-state index is -1.98. The van der Waals surface area contributed by atoms with E-state index in [2.05, 4.69) is 0 Å². The number of ketones is 1. The van der Waals surface area contributed by atoms with E-state index in [1.807, 2.05) is 31.2 Å². The molecule has 0 radical (unpaired) electrons. The van der Waals surface area contributed by atoms with Gasteiger partial charge >= 0.3 is 0 Å². The van der Waals surface area contributed by atoms with Gasteiger partial charge in [0.1, 0.15) is 23.9 Å². The maximum absolute atomic E-state index is 13.4. The zero-order valence-electron chi connectivity index (χ0n) is 19.4. The Morgan fingerprint density at radius 1 is 0.971 bits per heavy atom. The Hall–Kier alpha value is -3.84. The van der Waals surface area contributed by atoms with Crippen LogP contribution < -0.4 is 19.1 Å². The summed E-state index contributed by atoms with van der Waals surface area (Å²) in [6, 6.07) is 19.4. The fraction of sp³-hybridized carbons (Fsp3) is 0.259. The van der Waals surface area contributed by atoms with E-state index in [0.717, 1.165) is 5.56 Å². The first-order chi connectivity index (χ1) is 16.4. The number of hydrogen-bond acceptors (Lipinski definition) is 6. The van der Waals surface area contributed by atoms with E-state index in [-0.39, 0.29) is 18.7 Å². The summed E-state index contributed by atoms with van der Waals surface area (Å²) in [5.41, 5.74) is 0.373. The van der Waals surface area contributed by atoms with Crippen molar-refractivity contribution in [3.63, 3.8) is 0 Å². The number of aliphatic hydroxyl groups is 1. The number of aryl methyl sites for hydroxylation is 1. The van der Waals surface area contributed by atoms with Gasteiger partial charge in [-0.1, -0.05) is 35.9 Å². The standard InChI is InChI=1S/C27H27NO6/c1-18-8-10-19(11-9-18)34-15-14-28-23-7-5-4-6-22(23)27(31,26(28)30)17-24(29)21-13-12-20(32-2)16-25(21)33-3/h4-13,16,31H,14-15,17H2,1-3H3. The van der Waals surface area contributed by atoms with Crippen molar-refractivity contribution in [3.05, 3.63) is 83.4 Å².